The van der Waals surface area contributed by atoms with Gasteiger partial charge in [-0.25, -0.2) is 0 Å². The maximum absolute atomic E-state index is 10.5. The molecule has 0 aliphatic heterocycles. The van der Waals surface area contributed by atoms with Crippen LogP contribution in [-0.4, -0.2) is 11.7 Å². The zero-order chi connectivity index (χ0) is 20.1. The van der Waals surface area contributed by atoms with Gasteiger partial charge in [0.25, 0.3) is 0 Å². The van der Waals surface area contributed by atoms with Crippen molar-refractivity contribution in [3.8, 4) is 11.5 Å². The van der Waals surface area contributed by atoms with E-state index in [9.17, 15) is 5.11 Å². The lowest BCUT2D eigenvalue weighted by atomic mass is 10.3. The molecule has 0 aliphatic carbocycles. The predicted molar refractivity (Wildman–Crippen MR) is 139 cm³/mol. The lowest BCUT2D eigenvalue weighted by molar-refractivity contribution is 0.342. The van der Waals surface area contributed by atoms with Gasteiger partial charge in [0.05, 0.1) is 6.61 Å². The Hall–Kier alpha value is -2.36. The second-order valence-corrected chi connectivity index (χ2v) is 10.1. The van der Waals surface area contributed by atoms with Gasteiger partial charge in [-0.2, -0.15) is 0 Å². The second-order valence-electron chi connectivity index (χ2n) is 6.76. The summed E-state index contributed by atoms with van der Waals surface area (Å²) in [4.78, 5) is 0. The van der Waals surface area contributed by atoms with Gasteiger partial charge in [-0.1, -0.05) is 54.6 Å². The van der Waals surface area contributed by atoms with Gasteiger partial charge >= 0.3 is 0 Å². The van der Waals surface area contributed by atoms with Crippen molar-refractivity contribution in [3.63, 3.8) is 0 Å². The van der Waals surface area contributed by atoms with Crippen LogP contribution in [0, 0.1) is 0 Å². The Morgan fingerprint density at radius 3 is 1.50 bits per heavy atom. The quantitative estimate of drug-likeness (QED) is 0.282. The molecule has 4 aromatic rings. The Morgan fingerprint density at radius 2 is 1.10 bits per heavy atom. The zero-order valence-corrected chi connectivity index (χ0v) is 20.0. The molecule has 4 aromatic carbocycles. The fourth-order valence-corrected chi connectivity index (χ4v) is 8.25. The summed E-state index contributed by atoms with van der Waals surface area (Å²) in [5.41, 5.74) is 0. The van der Waals surface area contributed by atoms with Crippen molar-refractivity contribution in [1.29, 1.82) is 0 Å². The largest absolute Gasteiger partial charge is 0.508 e. The molecule has 2 nitrogen and oxygen atoms in total. The van der Waals surface area contributed by atoms with Crippen molar-refractivity contribution in [2.45, 2.75) is 6.92 Å². The molecule has 152 valence electrons. The maximum atomic E-state index is 10.5. The maximum Gasteiger partial charge on any atom is 0.162 e. The van der Waals surface area contributed by atoms with Crippen molar-refractivity contribution in [3.05, 3.63) is 109 Å². The van der Waals surface area contributed by atoms with E-state index in [1.807, 2.05) is 37.3 Å². The van der Waals surface area contributed by atoms with Crippen LogP contribution in [0.15, 0.2) is 109 Å². The van der Waals surface area contributed by atoms with Crippen LogP contribution in [0.25, 0.3) is 0 Å². The lowest BCUT2D eigenvalue weighted by Crippen LogP contribution is -2.39. The highest BCUT2D eigenvalue weighted by Crippen LogP contribution is 2.56. The van der Waals surface area contributed by atoms with E-state index >= 15 is 0 Å². The predicted octanol–water partition coefficient (Wildman–Crippen LogP) is 5.03. The topological polar surface area (TPSA) is 29.5 Å². The Kier molecular flexibility index (Phi) is 7.52. The van der Waals surface area contributed by atoms with Gasteiger partial charge < -0.3 is 9.84 Å². The lowest BCUT2D eigenvalue weighted by Gasteiger charge is -2.29. The molecule has 0 saturated heterocycles. The summed E-state index contributed by atoms with van der Waals surface area (Å²) in [6.45, 7) is 2.56. The Morgan fingerprint density at radius 1 is 0.667 bits per heavy atom. The molecular formula is C26H25IO2P+. The van der Waals surface area contributed by atoms with Gasteiger partial charge in [-0.05, 0) is 55.5 Å². The third-order valence-corrected chi connectivity index (χ3v) is 9.32. The summed E-state index contributed by atoms with van der Waals surface area (Å²) >= 11 is 0. The molecule has 0 atom stereocenters. The van der Waals surface area contributed by atoms with Crippen LogP contribution in [0.3, 0.4) is 0 Å². The zero-order valence-electron chi connectivity index (χ0n) is 16.8. The first-order valence-corrected chi connectivity index (χ1v) is 11.6. The van der Waals surface area contributed by atoms with Crippen LogP contribution in [0.5, 0.6) is 11.5 Å². The van der Waals surface area contributed by atoms with Gasteiger partial charge in [0.15, 0.2) is 11.1 Å². The van der Waals surface area contributed by atoms with Crippen LogP contribution >= 0.6 is 31.2 Å². The van der Waals surface area contributed by atoms with E-state index in [1.54, 1.807) is 6.07 Å². The standard InChI is InChI=1S/C26H23O2P.HI/c1-2-28-25-19-18-21(27)20-26(25)29(22-12-6-3-7-13-22,23-14-8-4-9-15-23)24-16-10-5-11-17-24;/h3-20H,2H2,1H3;1H/p+1. The summed E-state index contributed by atoms with van der Waals surface area (Å²) in [6, 6.07) is 37.2. The number of phenolic OH excluding ortho intramolecular Hbond substituents is 1. The minimum Gasteiger partial charge on any atom is -0.508 e. The highest BCUT2D eigenvalue weighted by Gasteiger charge is 2.50. The summed E-state index contributed by atoms with van der Waals surface area (Å²) in [5, 5.41) is 15.2. The fraction of sp³-hybridized carbons (Fsp3) is 0.0769. The van der Waals surface area contributed by atoms with Crippen molar-refractivity contribution in [2.24, 2.45) is 0 Å². The second kappa shape index (κ2) is 10.1. The van der Waals surface area contributed by atoms with Gasteiger partial charge in [0, 0.05) is 6.07 Å². The van der Waals surface area contributed by atoms with Crippen molar-refractivity contribution < 1.29 is 9.84 Å². The number of hydrogen-bond acceptors (Lipinski definition) is 2. The minimum atomic E-state index is -2.28. The van der Waals surface area contributed by atoms with Crippen LogP contribution in [-0.2, 0) is 0 Å². The number of aromatic hydroxyl groups is 1. The molecule has 0 bridgehead atoms. The molecule has 0 saturated carbocycles. The molecule has 0 spiro atoms. The van der Waals surface area contributed by atoms with Gasteiger partial charge in [0.1, 0.15) is 28.9 Å². The molecule has 1 N–H and O–H groups in total. The normalized spacial score (nSPS) is 10.8. The smallest absolute Gasteiger partial charge is 0.162 e. The van der Waals surface area contributed by atoms with Crippen LogP contribution in [0.2, 0.25) is 0 Å². The van der Waals surface area contributed by atoms with Crippen LogP contribution in [0.4, 0.5) is 0 Å². The number of ether oxygens (including phenoxy) is 1. The molecule has 0 radical (unpaired) electrons. The Bertz CT molecular complexity index is 973. The van der Waals surface area contributed by atoms with Gasteiger partial charge in [-0.3, -0.25) is 0 Å². The van der Waals surface area contributed by atoms with Crippen molar-refractivity contribution >= 4 is 52.5 Å². The van der Waals surface area contributed by atoms with Gasteiger partial charge in [0.2, 0.25) is 0 Å². The molecule has 0 heterocycles. The summed E-state index contributed by atoms with van der Waals surface area (Å²) in [5.74, 6) is 1.06. The summed E-state index contributed by atoms with van der Waals surface area (Å²) in [7, 11) is -2.28. The molecule has 0 aliphatic rings. The first-order chi connectivity index (χ1) is 14.3. The van der Waals surface area contributed by atoms with E-state index in [-0.39, 0.29) is 29.7 Å². The number of rotatable bonds is 6. The van der Waals surface area contributed by atoms with E-state index in [4.69, 9.17) is 4.74 Å². The van der Waals surface area contributed by atoms with E-state index in [0.29, 0.717) is 6.61 Å². The molecule has 0 amide bonds. The molecule has 0 aromatic heterocycles. The Balaban J connectivity index is 0.00000256. The SMILES string of the molecule is CCOc1ccc(O)cc1[P+](c1ccccc1)(c1ccccc1)c1ccccc1.I. The number of halogens is 1. The summed E-state index contributed by atoms with van der Waals surface area (Å²) in [6.07, 6.45) is 0. The molecule has 30 heavy (non-hydrogen) atoms. The van der Waals surface area contributed by atoms with E-state index in [0.717, 1.165) is 11.1 Å². The monoisotopic (exact) mass is 527 g/mol. The average Bonchev–Trinajstić information content (AvgIpc) is 2.78. The Labute approximate surface area is 195 Å². The number of benzene rings is 4. The average molecular weight is 527 g/mol. The molecular weight excluding hydrogens is 502 g/mol. The third-order valence-electron chi connectivity index (χ3n) is 5.03. The first-order valence-electron chi connectivity index (χ1n) is 9.79. The molecule has 4 rings (SSSR count). The summed E-state index contributed by atoms with van der Waals surface area (Å²) < 4.78 is 6.08. The van der Waals surface area contributed by atoms with E-state index < -0.39 is 7.26 Å². The molecule has 0 fully saturated rings. The highest BCUT2D eigenvalue weighted by molar-refractivity contribution is 14.0. The number of phenols is 1. The number of hydrogen-bond donors (Lipinski definition) is 1. The fourth-order valence-electron chi connectivity index (χ4n) is 3.86. The highest BCUT2D eigenvalue weighted by atomic mass is 127. The first kappa shape index (κ1) is 22.3. The van der Waals surface area contributed by atoms with Crippen LogP contribution < -0.4 is 26.0 Å². The van der Waals surface area contributed by atoms with E-state index in [1.165, 1.54) is 15.9 Å². The van der Waals surface area contributed by atoms with Crippen molar-refractivity contribution in [1.82, 2.24) is 0 Å². The van der Waals surface area contributed by atoms with E-state index in [2.05, 4.69) is 72.8 Å². The third kappa shape index (κ3) is 4.10. The molecule has 0 unspecified atom stereocenters. The minimum absolute atomic E-state index is 0. The van der Waals surface area contributed by atoms with Crippen molar-refractivity contribution in [2.75, 3.05) is 6.61 Å². The molecule has 4 heteroatoms. The van der Waals surface area contributed by atoms with Gasteiger partial charge in [-0.15, -0.1) is 24.0 Å². The van der Waals surface area contributed by atoms with Crippen LogP contribution in [0.1, 0.15) is 6.92 Å².